The van der Waals surface area contributed by atoms with Gasteiger partial charge in [0.2, 0.25) is 0 Å². The summed E-state index contributed by atoms with van der Waals surface area (Å²) in [6.07, 6.45) is 5.99. The number of unbranched alkanes of at least 4 members (excludes halogenated alkanes) is 3. The van der Waals surface area contributed by atoms with Gasteiger partial charge in [-0.15, -0.1) is 0 Å². The number of hydrogen-bond acceptors (Lipinski definition) is 3. The Morgan fingerprint density at radius 1 is 1.21 bits per heavy atom. The molecule has 0 aromatic heterocycles. The molecule has 0 saturated heterocycles. The highest BCUT2D eigenvalue weighted by Gasteiger charge is 2.13. The zero-order chi connectivity index (χ0) is 10.8. The Hall–Kier alpha value is -0.570. The molecule has 1 atom stereocenters. The monoisotopic (exact) mass is 201 g/mol. The van der Waals surface area contributed by atoms with Crippen molar-refractivity contribution < 1.29 is 9.53 Å². The molecular weight excluding hydrogens is 178 g/mol. The van der Waals surface area contributed by atoms with Crippen molar-refractivity contribution in [3.63, 3.8) is 0 Å². The average Bonchev–Trinajstić information content (AvgIpc) is 2.20. The Bertz CT molecular complexity index is 148. The SMILES string of the molecule is CCCCCOC(=O)C(N)CCCC. The Balaban J connectivity index is 3.42. The van der Waals surface area contributed by atoms with Crippen molar-refractivity contribution in [1.82, 2.24) is 0 Å². The first kappa shape index (κ1) is 13.4. The molecule has 0 radical (unpaired) electrons. The van der Waals surface area contributed by atoms with E-state index in [1.807, 2.05) is 0 Å². The predicted octanol–water partition coefficient (Wildman–Crippen LogP) is 2.24. The maximum Gasteiger partial charge on any atom is 0.322 e. The molecule has 3 heteroatoms. The van der Waals surface area contributed by atoms with Gasteiger partial charge in [0.15, 0.2) is 0 Å². The van der Waals surface area contributed by atoms with Gasteiger partial charge in [0.1, 0.15) is 6.04 Å². The van der Waals surface area contributed by atoms with E-state index in [9.17, 15) is 4.79 Å². The molecule has 3 nitrogen and oxygen atoms in total. The summed E-state index contributed by atoms with van der Waals surface area (Å²) in [5, 5.41) is 0. The lowest BCUT2D eigenvalue weighted by Crippen LogP contribution is -2.32. The van der Waals surface area contributed by atoms with E-state index in [2.05, 4.69) is 13.8 Å². The van der Waals surface area contributed by atoms with Gasteiger partial charge in [-0.2, -0.15) is 0 Å². The molecule has 0 aromatic carbocycles. The molecule has 0 aliphatic rings. The third kappa shape index (κ3) is 6.89. The summed E-state index contributed by atoms with van der Waals surface area (Å²) in [6.45, 7) is 4.72. The summed E-state index contributed by atoms with van der Waals surface area (Å²) in [5.41, 5.74) is 5.64. The van der Waals surface area contributed by atoms with Crippen LogP contribution < -0.4 is 5.73 Å². The molecule has 0 aromatic rings. The van der Waals surface area contributed by atoms with Gasteiger partial charge in [-0.3, -0.25) is 4.79 Å². The van der Waals surface area contributed by atoms with Gasteiger partial charge in [0.05, 0.1) is 6.61 Å². The maximum atomic E-state index is 11.3. The van der Waals surface area contributed by atoms with Crippen molar-refractivity contribution in [2.45, 2.75) is 58.4 Å². The van der Waals surface area contributed by atoms with Crippen LogP contribution >= 0.6 is 0 Å². The standard InChI is InChI=1S/C11H23NO2/c1-3-5-7-9-14-11(13)10(12)8-6-4-2/h10H,3-9,12H2,1-2H3. The van der Waals surface area contributed by atoms with E-state index in [-0.39, 0.29) is 5.97 Å². The van der Waals surface area contributed by atoms with Crippen molar-refractivity contribution in [2.24, 2.45) is 5.73 Å². The molecule has 0 bridgehead atoms. The number of carbonyl (C=O) groups excluding carboxylic acids is 1. The van der Waals surface area contributed by atoms with Crippen molar-refractivity contribution in [1.29, 1.82) is 0 Å². The number of ether oxygens (including phenoxy) is 1. The molecule has 84 valence electrons. The normalized spacial score (nSPS) is 12.5. The van der Waals surface area contributed by atoms with Crippen LogP contribution in [-0.2, 0) is 9.53 Å². The Morgan fingerprint density at radius 3 is 2.43 bits per heavy atom. The van der Waals surface area contributed by atoms with E-state index in [4.69, 9.17) is 10.5 Å². The fourth-order valence-corrected chi connectivity index (χ4v) is 1.17. The zero-order valence-corrected chi connectivity index (χ0v) is 9.42. The summed E-state index contributed by atoms with van der Waals surface area (Å²) in [4.78, 5) is 11.3. The summed E-state index contributed by atoms with van der Waals surface area (Å²) in [5.74, 6) is -0.241. The topological polar surface area (TPSA) is 52.3 Å². The van der Waals surface area contributed by atoms with Gasteiger partial charge in [-0.1, -0.05) is 39.5 Å². The van der Waals surface area contributed by atoms with E-state index in [0.29, 0.717) is 6.61 Å². The Kier molecular flexibility index (Phi) is 8.64. The van der Waals surface area contributed by atoms with E-state index >= 15 is 0 Å². The van der Waals surface area contributed by atoms with Crippen LogP contribution in [0.4, 0.5) is 0 Å². The van der Waals surface area contributed by atoms with E-state index in [1.165, 1.54) is 0 Å². The van der Waals surface area contributed by atoms with E-state index in [0.717, 1.165) is 38.5 Å². The lowest BCUT2D eigenvalue weighted by molar-refractivity contribution is -0.145. The first-order valence-electron chi connectivity index (χ1n) is 5.64. The predicted molar refractivity (Wildman–Crippen MR) is 58.0 cm³/mol. The van der Waals surface area contributed by atoms with Crippen LogP contribution in [0.1, 0.15) is 52.4 Å². The lowest BCUT2D eigenvalue weighted by Gasteiger charge is -2.10. The maximum absolute atomic E-state index is 11.3. The fraction of sp³-hybridized carbons (Fsp3) is 0.909. The largest absolute Gasteiger partial charge is 0.465 e. The average molecular weight is 201 g/mol. The van der Waals surface area contributed by atoms with Crippen molar-refractivity contribution in [2.75, 3.05) is 6.61 Å². The van der Waals surface area contributed by atoms with Gasteiger partial charge in [0.25, 0.3) is 0 Å². The highest BCUT2D eigenvalue weighted by molar-refractivity contribution is 5.75. The second-order valence-corrected chi connectivity index (χ2v) is 3.62. The van der Waals surface area contributed by atoms with E-state index < -0.39 is 6.04 Å². The smallest absolute Gasteiger partial charge is 0.322 e. The molecular formula is C11H23NO2. The molecule has 0 spiro atoms. The van der Waals surface area contributed by atoms with Crippen molar-refractivity contribution in [3.05, 3.63) is 0 Å². The van der Waals surface area contributed by atoms with Gasteiger partial charge in [-0.25, -0.2) is 0 Å². The molecule has 0 amide bonds. The van der Waals surface area contributed by atoms with Crippen LogP contribution in [0.3, 0.4) is 0 Å². The number of rotatable bonds is 8. The molecule has 0 rings (SSSR count). The summed E-state index contributed by atoms with van der Waals surface area (Å²) < 4.78 is 5.04. The quantitative estimate of drug-likeness (QED) is 0.484. The van der Waals surface area contributed by atoms with Crippen LogP contribution in [-0.4, -0.2) is 18.6 Å². The van der Waals surface area contributed by atoms with Crippen LogP contribution in [0.25, 0.3) is 0 Å². The molecule has 0 aliphatic carbocycles. The van der Waals surface area contributed by atoms with Gasteiger partial charge in [0, 0.05) is 0 Å². The number of nitrogens with two attached hydrogens (primary N) is 1. The first-order valence-corrected chi connectivity index (χ1v) is 5.64. The number of carbonyl (C=O) groups is 1. The molecule has 14 heavy (non-hydrogen) atoms. The molecule has 0 saturated carbocycles. The van der Waals surface area contributed by atoms with Crippen LogP contribution in [0.5, 0.6) is 0 Å². The third-order valence-corrected chi connectivity index (χ3v) is 2.16. The molecule has 0 heterocycles. The van der Waals surface area contributed by atoms with Crippen LogP contribution in [0.15, 0.2) is 0 Å². The highest BCUT2D eigenvalue weighted by atomic mass is 16.5. The zero-order valence-electron chi connectivity index (χ0n) is 9.42. The molecule has 0 fully saturated rings. The minimum atomic E-state index is -0.420. The highest BCUT2D eigenvalue weighted by Crippen LogP contribution is 2.01. The van der Waals surface area contributed by atoms with Crippen LogP contribution in [0, 0.1) is 0 Å². The summed E-state index contributed by atoms with van der Waals surface area (Å²) >= 11 is 0. The third-order valence-electron chi connectivity index (χ3n) is 2.16. The number of esters is 1. The van der Waals surface area contributed by atoms with Crippen LogP contribution in [0.2, 0.25) is 0 Å². The molecule has 2 N–H and O–H groups in total. The van der Waals surface area contributed by atoms with Crippen molar-refractivity contribution in [3.8, 4) is 0 Å². The van der Waals surface area contributed by atoms with Gasteiger partial charge < -0.3 is 10.5 Å². The van der Waals surface area contributed by atoms with E-state index in [1.54, 1.807) is 0 Å². The molecule has 1 unspecified atom stereocenters. The second kappa shape index (κ2) is 9.00. The first-order chi connectivity index (χ1) is 6.72. The minimum Gasteiger partial charge on any atom is -0.465 e. The number of hydrogen-bond donors (Lipinski definition) is 1. The minimum absolute atomic E-state index is 0.241. The van der Waals surface area contributed by atoms with Gasteiger partial charge in [-0.05, 0) is 12.8 Å². The van der Waals surface area contributed by atoms with Crippen molar-refractivity contribution >= 4 is 5.97 Å². The Morgan fingerprint density at radius 2 is 1.86 bits per heavy atom. The van der Waals surface area contributed by atoms with Gasteiger partial charge >= 0.3 is 5.97 Å². The second-order valence-electron chi connectivity index (χ2n) is 3.62. The summed E-state index contributed by atoms with van der Waals surface area (Å²) in [7, 11) is 0. The molecule has 0 aliphatic heterocycles. The Labute approximate surface area is 87.0 Å². The lowest BCUT2D eigenvalue weighted by atomic mass is 10.1. The summed E-state index contributed by atoms with van der Waals surface area (Å²) in [6, 6.07) is -0.420. The fourth-order valence-electron chi connectivity index (χ4n) is 1.17.